The van der Waals surface area contributed by atoms with E-state index in [-0.39, 0.29) is 6.03 Å². The number of thioether (sulfide) groups is 1. The van der Waals surface area contributed by atoms with Gasteiger partial charge in [0.1, 0.15) is 0 Å². The summed E-state index contributed by atoms with van der Waals surface area (Å²) in [5.74, 6) is 2.02. The highest BCUT2D eigenvalue weighted by Gasteiger charge is 2.25. The number of carbonyl (C=O) groups excluding carboxylic acids is 1. The van der Waals surface area contributed by atoms with Crippen molar-refractivity contribution in [3.63, 3.8) is 0 Å². The Morgan fingerprint density at radius 2 is 2.14 bits per heavy atom. The summed E-state index contributed by atoms with van der Waals surface area (Å²) in [6.07, 6.45) is 0. The normalized spacial score (nSPS) is 20.0. The number of carbonyl (C=O) groups is 1. The van der Waals surface area contributed by atoms with Gasteiger partial charge in [-0.05, 0) is 18.1 Å². The molecule has 2 rings (SSSR count). The van der Waals surface area contributed by atoms with Crippen LogP contribution < -0.4 is 5.32 Å². The summed E-state index contributed by atoms with van der Waals surface area (Å²) in [4.78, 5) is 14.9. The van der Waals surface area contributed by atoms with Crippen LogP contribution in [0.15, 0.2) is 35.2 Å². The highest BCUT2D eigenvalue weighted by molar-refractivity contribution is 8.00. The Morgan fingerprint density at radius 3 is 2.82 bits per heavy atom. The molecule has 1 aliphatic heterocycles. The first-order valence-electron chi connectivity index (χ1n) is 7.65. The standard InChI is InChI=1S/C16H24N2O2S2/c1-13(2)15-12-18(9-10-21-15)16(19)17-8-11-22(20)14-6-4-3-5-7-14/h3-7,13,15H,8-12H2,1-2H3,(H,17,19)/t15-,22+/m1/s1. The molecule has 0 aliphatic carbocycles. The molecule has 1 fully saturated rings. The van der Waals surface area contributed by atoms with Gasteiger partial charge in [-0.2, -0.15) is 11.8 Å². The van der Waals surface area contributed by atoms with E-state index in [0.29, 0.717) is 23.5 Å². The fourth-order valence-corrected chi connectivity index (χ4v) is 4.60. The number of hydrogen-bond acceptors (Lipinski definition) is 3. The van der Waals surface area contributed by atoms with Gasteiger partial charge in [0.15, 0.2) is 0 Å². The largest absolute Gasteiger partial charge is 0.337 e. The number of amides is 2. The summed E-state index contributed by atoms with van der Waals surface area (Å²) in [6.45, 7) is 6.43. The molecule has 1 saturated heterocycles. The molecule has 1 aromatic carbocycles. The van der Waals surface area contributed by atoms with Crippen molar-refractivity contribution in [1.82, 2.24) is 10.2 Å². The molecule has 0 bridgehead atoms. The third-order valence-electron chi connectivity index (χ3n) is 3.69. The first kappa shape index (κ1) is 17.3. The predicted molar refractivity (Wildman–Crippen MR) is 93.8 cm³/mol. The Labute approximate surface area is 139 Å². The van der Waals surface area contributed by atoms with Crippen molar-refractivity contribution in [2.24, 2.45) is 5.92 Å². The zero-order valence-corrected chi connectivity index (χ0v) is 14.8. The van der Waals surface area contributed by atoms with Gasteiger partial charge >= 0.3 is 6.03 Å². The SMILES string of the molecule is CC(C)[C@H]1CN(C(=O)NCC[S@](=O)c2ccccc2)CCS1. The minimum Gasteiger partial charge on any atom is -0.337 e. The molecule has 4 nitrogen and oxygen atoms in total. The molecule has 0 radical (unpaired) electrons. The zero-order chi connectivity index (χ0) is 15.9. The van der Waals surface area contributed by atoms with Gasteiger partial charge in [0.05, 0.1) is 10.8 Å². The highest BCUT2D eigenvalue weighted by atomic mass is 32.2. The molecule has 2 amide bonds. The molecule has 0 spiro atoms. The van der Waals surface area contributed by atoms with Crippen molar-refractivity contribution >= 4 is 28.6 Å². The second-order valence-corrected chi connectivity index (χ2v) is 8.61. The van der Waals surface area contributed by atoms with E-state index in [1.54, 1.807) is 0 Å². The summed E-state index contributed by atoms with van der Waals surface area (Å²) in [7, 11) is -1.06. The lowest BCUT2D eigenvalue weighted by atomic mass is 10.1. The lowest BCUT2D eigenvalue weighted by molar-refractivity contribution is 0.198. The minimum atomic E-state index is -1.06. The van der Waals surface area contributed by atoms with Gasteiger partial charge in [0.25, 0.3) is 0 Å². The molecule has 1 aromatic rings. The van der Waals surface area contributed by atoms with Crippen LogP contribution in [-0.4, -0.2) is 51.5 Å². The number of urea groups is 1. The summed E-state index contributed by atoms with van der Waals surface area (Å²) in [5.41, 5.74) is 0. The smallest absolute Gasteiger partial charge is 0.317 e. The molecule has 122 valence electrons. The fraction of sp³-hybridized carbons (Fsp3) is 0.562. The second-order valence-electron chi connectivity index (χ2n) is 5.69. The third-order valence-corrected chi connectivity index (χ3v) is 6.61. The number of nitrogens with one attached hydrogen (secondary N) is 1. The van der Waals surface area contributed by atoms with Crippen LogP contribution >= 0.6 is 11.8 Å². The zero-order valence-electron chi connectivity index (χ0n) is 13.2. The van der Waals surface area contributed by atoms with E-state index in [2.05, 4.69) is 19.2 Å². The van der Waals surface area contributed by atoms with Gasteiger partial charge in [-0.3, -0.25) is 4.21 Å². The summed E-state index contributed by atoms with van der Waals surface area (Å²) < 4.78 is 12.1. The van der Waals surface area contributed by atoms with Crippen LogP contribution in [0.3, 0.4) is 0 Å². The van der Waals surface area contributed by atoms with Crippen LogP contribution in [0.25, 0.3) is 0 Å². The molecule has 1 heterocycles. The van der Waals surface area contributed by atoms with Crippen molar-refractivity contribution in [1.29, 1.82) is 0 Å². The van der Waals surface area contributed by atoms with E-state index in [9.17, 15) is 9.00 Å². The van der Waals surface area contributed by atoms with E-state index in [4.69, 9.17) is 0 Å². The van der Waals surface area contributed by atoms with Gasteiger partial charge < -0.3 is 10.2 Å². The second kappa shape index (κ2) is 8.58. The number of benzene rings is 1. The Kier molecular flexibility index (Phi) is 6.76. The molecule has 0 saturated carbocycles. The molecular formula is C16H24N2O2S2. The molecule has 0 unspecified atom stereocenters. The third kappa shape index (κ3) is 5.02. The van der Waals surface area contributed by atoms with Crippen LogP contribution in [0.1, 0.15) is 13.8 Å². The highest BCUT2D eigenvalue weighted by Crippen LogP contribution is 2.24. The first-order valence-corrected chi connectivity index (χ1v) is 10.0. The molecule has 1 aliphatic rings. The fourth-order valence-electron chi connectivity index (χ4n) is 2.32. The summed E-state index contributed by atoms with van der Waals surface area (Å²) in [5, 5.41) is 3.41. The summed E-state index contributed by atoms with van der Waals surface area (Å²) in [6, 6.07) is 9.34. The van der Waals surface area contributed by atoms with Crippen molar-refractivity contribution < 1.29 is 9.00 Å². The molecule has 0 aromatic heterocycles. The summed E-state index contributed by atoms with van der Waals surface area (Å²) >= 11 is 1.95. The van der Waals surface area contributed by atoms with E-state index in [1.807, 2.05) is 47.0 Å². The van der Waals surface area contributed by atoms with Gasteiger partial charge in [0.2, 0.25) is 0 Å². The maximum absolute atomic E-state index is 12.2. The monoisotopic (exact) mass is 340 g/mol. The first-order chi connectivity index (χ1) is 10.6. The van der Waals surface area contributed by atoms with E-state index in [0.717, 1.165) is 23.7 Å². The van der Waals surface area contributed by atoms with E-state index < -0.39 is 10.8 Å². The van der Waals surface area contributed by atoms with Crippen molar-refractivity contribution in [3.05, 3.63) is 30.3 Å². The van der Waals surface area contributed by atoms with E-state index >= 15 is 0 Å². The maximum atomic E-state index is 12.2. The topological polar surface area (TPSA) is 49.4 Å². The van der Waals surface area contributed by atoms with Gasteiger partial charge in [-0.25, -0.2) is 4.79 Å². The Hall–Kier alpha value is -1.01. The maximum Gasteiger partial charge on any atom is 0.317 e. The van der Waals surface area contributed by atoms with Crippen molar-refractivity contribution in [2.75, 3.05) is 31.1 Å². The molecule has 22 heavy (non-hydrogen) atoms. The van der Waals surface area contributed by atoms with Crippen LogP contribution in [0.5, 0.6) is 0 Å². The van der Waals surface area contributed by atoms with Gasteiger partial charge in [0, 0.05) is 41.3 Å². The quantitative estimate of drug-likeness (QED) is 0.896. The number of nitrogens with zero attached hydrogens (tertiary/aromatic N) is 1. The van der Waals surface area contributed by atoms with Crippen LogP contribution in [0.2, 0.25) is 0 Å². The predicted octanol–water partition coefficient (Wildman–Crippen LogP) is 2.58. The Morgan fingerprint density at radius 1 is 1.41 bits per heavy atom. The lowest BCUT2D eigenvalue weighted by Gasteiger charge is -2.34. The Balaban J connectivity index is 1.75. The minimum absolute atomic E-state index is 0.0315. The average molecular weight is 341 g/mol. The number of hydrogen-bond donors (Lipinski definition) is 1. The lowest BCUT2D eigenvalue weighted by Crippen LogP contribution is -2.48. The Bertz CT molecular complexity index is 508. The van der Waals surface area contributed by atoms with Crippen LogP contribution in [-0.2, 0) is 10.8 Å². The van der Waals surface area contributed by atoms with Crippen LogP contribution in [0, 0.1) is 5.92 Å². The molecular weight excluding hydrogens is 316 g/mol. The van der Waals surface area contributed by atoms with Crippen molar-refractivity contribution in [2.45, 2.75) is 24.0 Å². The average Bonchev–Trinajstić information content (AvgIpc) is 2.55. The number of rotatable bonds is 5. The van der Waals surface area contributed by atoms with Gasteiger partial charge in [-0.15, -0.1) is 0 Å². The van der Waals surface area contributed by atoms with Crippen molar-refractivity contribution in [3.8, 4) is 0 Å². The van der Waals surface area contributed by atoms with Gasteiger partial charge in [-0.1, -0.05) is 32.0 Å². The molecule has 1 N–H and O–H groups in total. The molecule has 6 heteroatoms. The molecule has 2 atom stereocenters. The van der Waals surface area contributed by atoms with E-state index in [1.165, 1.54) is 0 Å². The van der Waals surface area contributed by atoms with Crippen LogP contribution in [0.4, 0.5) is 4.79 Å².